The number of nitrogens with zero attached hydrogens (tertiary/aromatic N) is 1. The maximum Gasteiger partial charge on any atom is 0.243 e. The lowest BCUT2D eigenvalue weighted by atomic mass is 9.79. The van der Waals surface area contributed by atoms with E-state index in [0.717, 1.165) is 6.42 Å². The van der Waals surface area contributed by atoms with E-state index in [0.29, 0.717) is 30.8 Å². The second kappa shape index (κ2) is 9.31. The smallest absolute Gasteiger partial charge is 0.243 e. The van der Waals surface area contributed by atoms with Crippen molar-refractivity contribution in [3.8, 4) is 0 Å². The molecule has 0 aromatic heterocycles. The third kappa shape index (κ3) is 5.29. The summed E-state index contributed by atoms with van der Waals surface area (Å²) in [6, 6.07) is 18.9. The average molecular weight is 429 g/mol. The van der Waals surface area contributed by atoms with Gasteiger partial charge in [-0.15, -0.1) is 0 Å². The van der Waals surface area contributed by atoms with Crippen LogP contribution in [0.1, 0.15) is 45.6 Å². The third-order valence-corrected chi connectivity index (χ3v) is 7.88. The van der Waals surface area contributed by atoms with Crippen LogP contribution in [-0.4, -0.2) is 37.8 Å². The van der Waals surface area contributed by atoms with Crippen LogP contribution >= 0.6 is 0 Å². The number of nitrogens with one attached hydrogen (secondary N) is 1. The molecular weight excluding hydrogens is 396 g/mol. The number of benzene rings is 2. The van der Waals surface area contributed by atoms with Crippen LogP contribution in [-0.2, 0) is 20.2 Å². The fourth-order valence-electron chi connectivity index (χ4n) is 4.28. The zero-order valence-electron chi connectivity index (χ0n) is 18.0. The fraction of sp³-hybridized carbons (Fsp3) is 0.458. The maximum atomic E-state index is 12.8. The first-order valence-electron chi connectivity index (χ1n) is 10.6. The Balaban J connectivity index is 1.53. The maximum absolute atomic E-state index is 12.8. The Morgan fingerprint density at radius 1 is 1.03 bits per heavy atom. The van der Waals surface area contributed by atoms with E-state index < -0.39 is 10.0 Å². The van der Waals surface area contributed by atoms with Crippen LogP contribution in [0.15, 0.2) is 65.6 Å². The van der Waals surface area contributed by atoms with Gasteiger partial charge in [-0.3, -0.25) is 4.79 Å². The normalized spacial score (nSPS) is 17.4. The van der Waals surface area contributed by atoms with E-state index >= 15 is 0 Å². The predicted molar refractivity (Wildman–Crippen MR) is 120 cm³/mol. The van der Waals surface area contributed by atoms with Gasteiger partial charge in [0.05, 0.1) is 4.90 Å². The molecule has 1 saturated heterocycles. The number of carbonyl (C=O) groups excluding carboxylic acids is 1. The first-order chi connectivity index (χ1) is 14.2. The number of piperidine rings is 1. The quantitative estimate of drug-likeness (QED) is 0.726. The molecular formula is C24H32N2O3S. The summed E-state index contributed by atoms with van der Waals surface area (Å²) in [5, 5.41) is 3.15. The Kier molecular flexibility index (Phi) is 6.98. The van der Waals surface area contributed by atoms with Gasteiger partial charge >= 0.3 is 0 Å². The van der Waals surface area contributed by atoms with E-state index in [1.807, 2.05) is 25.1 Å². The summed E-state index contributed by atoms with van der Waals surface area (Å²) in [6.45, 7) is 7.17. The highest BCUT2D eigenvalue weighted by Crippen LogP contribution is 2.29. The van der Waals surface area contributed by atoms with Gasteiger partial charge < -0.3 is 5.32 Å². The van der Waals surface area contributed by atoms with Crippen LogP contribution in [0.3, 0.4) is 0 Å². The summed E-state index contributed by atoms with van der Waals surface area (Å²) in [6.07, 6.45) is 1.93. The van der Waals surface area contributed by atoms with Crippen molar-refractivity contribution in [2.75, 3.05) is 13.1 Å². The lowest BCUT2D eigenvalue weighted by Gasteiger charge is -2.33. The topological polar surface area (TPSA) is 66.5 Å². The minimum Gasteiger partial charge on any atom is -0.353 e. The van der Waals surface area contributed by atoms with Gasteiger partial charge in [-0.2, -0.15) is 4.31 Å². The highest BCUT2D eigenvalue weighted by atomic mass is 32.2. The Morgan fingerprint density at radius 2 is 1.57 bits per heavy atom. The van der Waals surface area contributed by atoms with Crippen LogP contribution in [0.2, 0.25) is 0 Å². The van der Waals surface area contributed by atoms with E-state index in [1.54, 1.807) is 30.3 Å². The van der Waals surface area contributed by atoms with Gasteiger partial charge in [0.2, 0.25) is 15.9 Å². The van der Waals surface area contributed by atoms with Crippen LogP contribution in [0.4, 0.5) is 0 Å². The predicted octanol–water partition coefficient (Wildman–Crippen LogP) is 3.96. The molecule has 30 heavy (non-hydrogen) atoms. The summed E-state index contributed by atoms with van der Waals surface area (Å²) in [5.74, 6) is -0.113. The highest BCUT2D eigenvalue weighted by Gasteiger charge is 2.33. The van der Waals surface area contributed by atoms with Gasteiger partial charge in [0.1, 0.15) is 0 Å². The first kappa shape index (κ1) is 22.5. The van der Waals surface area contributed by atoms with Gasteiger partial charge in [0, 0.05) is 25.0 Å². The monoisotopic (exact) mass is 428 g/mol. The molecule has 0 aliphatic carbocycles. The number of carbonyl (C=O) groups is 1. The van der Waals surface area contributed by atoms with Crippen molar-refractivity contribution >= 4 is 15.9 Å². The molecule has 2 aromatic rings. The Morgan fingerprint density at radius 3 is 2.13 bits per heavy atom. The number of rotatable bonds is 7. The van der Waals surface area contributed by atoms with E-state index in [-0.39, 0.29) is 23.3 Å². The summed E-state index contributed by atoms with van der Waals surface area (Å²) in [7, 11) is -3.49. The van der Waals surface area contributed by atoms with Crippen LogP contribution < -0.4 is 5.32 Å². The number of sulfonamides is 1. The zero-order valence-corrected chi connectivity index (χ0v) is 18.9. The lowest BCUT2D eigenvalue weighted by Crippen LogP contribution is -2.45. The summed E-state index contributed by atoms with van der Waals surface area (Å²) >= 11 is 0. The first-order valence-corrected chi connectivity index (χ1v) is 12.1. The number of hydrogen-bond acceptors (Lipinski definition) is 3. The van der Waals surface area contributed by atoms with Gasteiger partial charge in [0.15, 0.2) is 0 Å². The molecule has 1 aliphatic heterocycles. The third-order valence-electron chi connectivity index (χ3n) is 5.97. The van der Waals surface area contributed by atoms with E-state index in [4.69, 9.17) is 0 Å². The van der Waals surface area contributed by atoms with Crippen molar-refractivity contribution in [1.29, 1.82) is 0 Å². The zero-order chi connectivity index (χ0) is 21.8. The summed E-state index contributed by atoms with van der Waals surface area (Å²) < 4.78 is 27.0. The van der Waals surface area contributed by atoms with Gasteiger partial charge in [0.25, 0.3) is 0 Å². The molecule has 0 bridgehead atoms. The number of amides is 1. The van der Waals surface area contributed by atoms with E-state index in [2.05, 4.69) is 31.3 Å². The van der Waals surface area contributed by atoms with E-state index in [1.165, 1.54) is 9.87 Å². The summed E-state index contributed by atoms with van der Waals surface area (Å²) in [4.78, 5) is 13.1. The molecule has 6 heteroatoms. The van der Waals surface area contributed by atoms with Crippen molar-refractivity contribution in [3.05, 3.63) is 66.2 Å². The molecule has 1 amide bonds. The molecule has 2 aromatic carbocycles. The van der Waals surface area contributed by atoms with Crippen molar-refractivity contribution in [2.24, 2.45) is 5.92 Å². The summed E-state index contributed by atoms with van der Waals surface area (Å²) in [5.41, 5.74) is 1.21. The van der Waals surface area contributed by atoms with Crippen molar-refractivity contribution in [1.82, 2.24) is 9.62 Å². The van der Waals surface area contributed by atoms with Gasteiger partial charge in [-0.25, -0.2) is 8.42 Å². The highest BCUT2D eigenvalue weighted by molar-refractivity contribution is 7.89. The Bertz CT molecular complexity index is 935. The molecule has 1 N–H and O–H groups in total. The van der Waals surface area contributed by atoms with Crippen molar-refractivity contribution in [2.45, 2.75) is 56.4 Å². The molecule has 1 heterocycles. The Hall–Kier alpha value is -2.18. The SMILES string of the molecule is C[C@H](CC(C)(C)c1ccccc1)NC(=O)C1CCN(S(=O)(=O)c2ccccc2)CC1. The van der Waals surface area contributed by atoms with Crippen molar-refractivity contribution < 1.29 is 13.2 Å². The standard InChI is InChI=1S/C24H32N2O3S/c1-19(18-24(2,3)21-10-6-4-7-11-21)25-23(27)20-14-16-26(17-15-20)30(28,29)22-12-8-5-9-13-22/h4-13,19-20H,14-18H2,1-3H3,(H,25,27)/t19-/m1/s1. The molecule has 1 aliphatic rings. The lowest BCUT2D eigenvalue weighted by molar-refractivity contribution is -0.126. The molecule has 0 radical (unpaired) electrons. The van der Waals surface area contributed by atoms with Crippen molar-refractivity contribution in [3.63, 3.8) is 0 Å². The molecule has 162 valence electrons. The minimum atomic E-state index is -3.49. The second-order valence-corrected chi connectivity index (χ2v) is 10.8. The fourth-order valence-corrected chi connectivity index (χ4v) is 5.78. The van der Waals surface area contributed by atoms with Crippen LogP contribution in [0.25, 0.3) is 0 Å². The average Bonchev–Trinajstić information content (AvgIpc) is 2.74. The second-order valence-electron chi connectivity index (χ2n) is 8.86. The van der Waals surface area contributed by atoms with E-state index in [9.17, 15) is 13.2 Å². The molecule has 0 unspecified atom stereocenters. The molecule has 0 saturated carbocycles. The number of hydrogen-bond donors (Lipinski definition) is 1. The molecule has 0 spiro atoms. The molecule has 3 rings (SSSR count). The van der Waals surface area contributed by atoms with Crippen LogP contribution in [0, 0.1) is 5.92 Å². The van der Waals surface area contributed by atoms with Gasteiger partial charge in [-0.1, -0.05) is 62.4 Å². The van der Waals surface area contributed by atoms with Gasteiger partial charge in [-0.05, 0) is 49.3 Å². The molecule has 1 atom stereocenters. The molecule has 5 nitrogen and oxygen atoms in total. The van der Waals surface area contributed by atoms with Crippen LogP contribution in [0.5, 0.6) is 0 Å². The largest absolute Gasteiger partial charge is 0.353 e. The Labute approximate surface area is 180 Å². The molecule has 1 fully saturated rings. The minimum absolute atomic E-state index is 0.0307.